The van der Waals surface area contributed by atoms with E-state index in [1.165, 1.54) is 19.3 Å². The number of hydrogen-bond acceptors (Lipinski definition) is 3. The Labute approximate surface area is 105 Å². The Kier molecular flexibility index (Phi) is 5.40. The highest BCUT2D eigenvalue weighted by Gasteiger charge is 2.27. The number of hydrogen-bond donors (Lipinski definition) is 2. The van der Waals surface area contributed by atoms with Gasteiger partial charge in [-0.1, -0.05) is 13.3 Å². The molecular weight excluding hydrogens is 214 g/mol. The monoisotopic (exact) mass is 241 g/mol. The SMILES string of the molecule is CCC(C)(N)C(=O)NC(C)CN1CCCCC1. The number of carbonyl (C=O) groups is 1. The zero-order valence-corrected chi connectivity index (χ0v) is 11.5. The van der Waals surface area contributed by atoms with Crippen molar-refractivity contribution in [2.45, 2.75) is 58.0 Å². The fourth-order valence-electron chi connectivity index (χ4n) is 2.12. The lowest BCUT2D eigenvalue weighted by Crippen LogP contribution is -2.55. The van der Waals surface area contributed by atoms with Crippen molar-refractivity contribution in [2.75, 3.05) is 19.6 Å². The van der Waals surface area contributed by atoms with Crippen molar-refractivity contribution in [1.29, 1.82) is 0 Å². The summed E-state index contributed by atoms with van der Waals surface area (Å²) >= 11 is 0. The van der Waals surface area contributed by atoms with Gasteiger partial charge in [0, 0.05) is 12.6 Å². The minimum atomic E-state index is -0.740. The molecule has 1 aliphatic heterocycles. The third-order valence-electron chi connectivity index (χ3n) is 3.61. The standard InChI is InChI=1S/C13H27N3O/c1-4-13(3,14)12(17)15-11(2)10-16-8-6-5-7-9-16/h11H,4-10,14H2,1-3H3,(H,15,17). The van der Waals surface area contributed by atoms with Gasteiger partial charge in [0.05, 0.1) is 5.54 Å². The van der Waals surface area contributed by atoms with E-state index in [0.717, 1.165) is 19.6 Å². The highest BCUT2D eigenvalue weighted by Crippen LogP contribution is 2.09. The first kappa shape index (κ1) is 14.5. The summed E-state index contributed by atoms with van der Waals surface area (Å²) in [6.45, 7) is 9.04. The minimum Gasteiger partial charge on any atom is -0.351 e. The lowest BCUT2D eigenvalue weighted by Gasteiger charge is -2.31. The van der Waals surface area contributed by atoms with Gasteiger partial charge in [-0.2, -0.15) is 0 Å². The maximum absolute atomic E-state index is 11.9. The van der Waals surface area contributed by atoms with E-state index < -0.39 is 5.54 Å². The van der Waals surface area contributed by atoms with Gasteiger partial charge in [0.25, 0.3) is 0 Å². The molecule has 1 fully saturated rings. The van der Waals surface area contributed by atoms with Crippen molar-refractivity contribution in [3.63, 3.8) is 0 Å². The number of likely N-dealkylation sites (tertiary alicyclic amines) is 1. The Bertz CT molecular complexity index is 247. The van der Waals surface area contributed by atoms with Gasteiger partial charge in [-0.15, -0.1) is 0 Å². The number of nitrogens with two attached hydrogens (primary N) is 1. The molecule has 100 valence electrons. The number of piperidine rings is 1. The molecule has 0 aromatic carbocycles. The second-order valence-electron chi connectivity index (χ2n) is 5.51. The van der Waals surface area contributed by atoms with Crippen molar-refractivity contribution < 1.29 is 4.79 Å². The normalized spacial score (nSPS) is 22.8. The smallest absolute Gasteiger partial charge is 0.240 e. The first-order chi connectivity index (χ1) is 7.95. The van der Waals surface area contributed by atoms with Gasteiger partial charge in [-0.3, -0.25) is 4.79 Å². The molecule has 0 radical (unpaired) electrons. The average molecular weight is 241 g/mol. The molecule has 4 heteroatoms. The Morgan fingerprint density at radius 3 is 2.53 bits per heavy atom. The van der Waals surface area contributed by atoms with Crippen LogP contribution in [0.1, 0.15) is 46.5 Å². The van der Waals surface area contributed by atoms with Gasteiger partial charge < -0.3 is 16.0 Å². The van der Waals surface area contributed by atoms with E-state index in [1.54, 1.807) is 6.92 Å². The maximum atomic E-state index is 11.9. The largest absolute Gasteiger partial charge is 0.351 e. The van der Waals surface area contributed by atoms with E-state index in [2.05, 4.69) is 17.1 Å². The molecule has 2 unspecified atom stereocenters. The fraction of sp³-hybridized carbons (Fsp3) is 0.923. The van der Waals surface area contributed by atoms with Gasteiger partial charge >= 0.3 is 0 Å². The molecule has 0 saturated carbocycles. The molecule has 4 nitrogen and oxygen atoms in total. The van der Waals surface area contributed by atoms with E-state index in [4.69, 9.17) is 5.73 Å². The lowest BCUT2D eigenvalue weighted by molar-refractivity contribution is -0.126. The van der Waals surface area contributed by atoms with E-state index >= 15 is 0 Å². The number of nitrogens with one attached hydrogen (secondary N) is 1. The van der Waals surface area contributed by atoms with Gasteiger partial charge in [0.1, 0.15) is 0 Å². The number of nitrogens with zero attached hydrogens (tertiary/aromatic N) is 1. The highest BCUT2D eigenvalue weighted by atomic mass is 16.2. The summed E-state index contributed by atoms with van der Waals surface area (Å²) in [5.74, 6) is -0.0375. The van der Waals surface area contributed by atoms with Crippen LogP contribution in [-0.4, -0.2) is 42.0 Å². The van der Waals surface area contributed by atoms with Crippen molar-refractivity contribution in [3.8, 4) is 0 Å². The summed E-state index contributed by atoms with van der Waals surface area (Å²) in [5, 5.41) is 3.01. The van der Waals surface area contributed by atoms with E-state index in [9.17, 15) is 4.79 Å². The summed E-state index contributed by atoms with van der Waals surface area (Å²) in [7, 11) is 0. The summed E-state index contributed by atoms with van der Waals surface area (Å²) in [6, 6.07) is 0.176. The van der Waals surface area contributed by atoms with Crippen LogP contribution in [0.15, 0.2) is 0 Å². The molecule has 0 bridgehead atoms. The van der Waals surface area contributed by atoms with Crippen LogP contribution in [-0.2, 0) is 4.79 Å². The minimum absolute atomic E-state index is 0.0375. The molecule has 0 aromatic rings. The maximum Gasteiger partial charge on any atom is 0.240 e. The Morgan fingerprint density at radius 1 is 1.41 bits per heavy atom. The molecule has 0 aliphatic carbocycles. The third kappa shape index (κ3) is 4.64. The van der Waals surface area contributed by atoms with Crippen LogP contribution in [0.3, 0.4) is 0 Å². The van der Waals surface area contributed by atoms with Gasteiger partial charge in [-0.05, 0) is 46.2 Å². The van der Waals surface area contributed by atoms with E-state index in [-0.39, 0.29) is 11.9 Å². The van der Waals surface area contributed by atoms with Gasteiger partial charge in [0.15, 0.2) is 0 Å². The number of amides is 1. The third-order valence-corrected chi connectivity index (χ3v) is 3.61. The van der Waals surface area contributed by atoms with Crippen molar-refractivity contribution in [2.24, 2.45) is 5.73 Å². The second kappa shape index (κ2) is 6.36. The van der Waals surface area contributed by atoms with Crippen molar-refractivity contribution in [1.82, 2.24) is 10.2 Å². The number of rotatable bonds is 5. The summed E-state index contributed by atoms with van der Waals surface area (Å²) in [4.78, 5) is 14.3. The molecule has 1 heterocycles. The zero-order valence-electron chi connectivity index (χ0n) is 11.5. The van der Waals surface area contributed by atoms with E-state index in [0.29, 0.717) is 6.42 Å². The summed E-state index contributed by atoms with van der Waals surface area (Å²) < 4.78 is 0. The second-order valence-corrected chi connectivity index (χ2v) is 5.51. The van der Waals surface area contributed by atoms with Crippen LogP contribution in [0, 0.1) is 0 Å². The van der Waals surface area contributed by atoms with Crippen LogP contribution < -0.4 is 11.1 Å². The fourth-order valence-corrected chi connectivity index (χ4v) is 2.12. The van der Waals surface area contributed by atoms with Crippen LogP contribution in [0.4, 0.5) is 0 Å². The molecule has 1 saturated heterocycles. The Hall–Kier alpha value is -0.610. The lowest BCUT2D eigenvalue weighted by atomic mass is 9.99. The van der Waals surface area contributed by atoms with Crippen LogP contribution in [0.25, 0.3) is 0 Å². The number of carbonyl (C=O) groups excluding carboxylic acids is 1. The van der Waals surface area contributed by atoms with Gasteiger partial charge in [-0.25, -0.2) is 0 Å². The quantitative estimate of drug-likeness (QED) is 0.758. The molecule has 0 aromatic heterocycles. The molecule has 1 aliphatic rings. The van der Waals surface area contributed by atoms with Crippen LogP contribution >= 0.6 is 0 Å². The van der Waals surface area contributed by atoms with Crippen molar-refractivity contribution >= 4 is 5.91 Å². The van der Waals surface area contributed by atoms with Crippen LogP contribution in [0.5, 0.6) is 0 Å². The molecule has 3 N–H and O–H groups in total. The molecule has 1 rings (SSSR count). The highest BCUT2D eigenvalue weighted by molar-refractivity contribution is 5.85. The first-order valence-electron chi connectivity index (χ1n) is 6.78. The first-order valence-corrected chi connectivity index (χ1v) is 6.78. The Balaban J connectivity index is 2.33. The predicted molar refractivity (Wildman–Crippen MR) is 70.8 cm³/mol. The molecule has 0 spiro atoms. The topological polar surface area (TPSA) is 58.4 Å². The Morgan fingerprint density at radius 2 is 2.00 bits per heavy atom. The van der Waals surface area contributed by atoms with Gasteiger partial charge in [0.2, 0.25) is 5.91 Å². The van der Waals surface area contributed by atoms with Crippen LogP contribution in [0.2, 0.25) is 0 Å². The average Bonchev–Trinajstić information content (AvgIpc) is 2.30. The predicted octanol–water partition coefficient (Wildman–Crippen LogP) is 1.10. The summed E-state index contributed by atoms with van der Waals surface area (Å²) in [6.07, 6.45) is 4.57. The molecule has 17 heavy (non-hydrogen) atoms. The molecule has 2 atom stereocenters. The van der Waals surface area contributed by atoms with Crippen molar-refractivity contribution in [3.05, 3.63) is 0 Å². The zero-order chi connectivity index (χ0) is 12.9. The molecule has 1 amide bonds. The molecular formula is C13H27N3O. The van der Waals surface area contributed by atoms with E-state index in [1.807, 2.05) is 6.92 Å². The summed E-state index contributed by atoms with van der Waals surface area (Å²) in [5.41, 5.74) is 5.18.